The summed E-state index contributed by atoms with van der Waals surface area (Å²) in [5.74, 6) is -0.390. The Morgan fingerprint density at radius 2 is 1.90 bits per heavy atom. The van der Waals surface area contributed by atoms with Gasteiger partial charge in [-0.2, -0.15) is 0 Å². The lowest BCUT2D eigenvalue weighted by molar-refractivity contribution is -0.115. The molecular weight excluding hydrogens is 447 g/mol. The quantitative estimate of drug-likeness (QED) is 0.478. The van der Waals surface area contributed by atoms with Crippen molar-refractivity contribution in [3.8, 4) is 11.3 Å². The molecule has 2 aromatic carbocycles. The van der Waals surface area contributed by atoms with Crippen molar-refractivity contribution in [2.75, 3.05) is 0 Å². The van der Waals surface area contributed by atoms with Crippen molar-refractivity contribution in [1.29, 1.82) is 0 Å². The Morgan fingerprint density at radius 3 is 2.67 bits per heavy atom. The first-order valence-electron chi connectivity index (χ1n) is 8.58. The van der Waals surface area contributed by atoms with Crippen LogP contribution in [0.3, 0.4) is 0 Å². The molecule has 4 rings (SSSR count). The van der Waals surface area contributed by atoms with Gasteiger partial charge in [-0.25, -0.2) is 9.79 Å². The minimum absolute atomic E-state index is 0.0505. The fraction of sp³-hybridized carbons (Fsp3) is 0. The normalized spacial score (nSPS) is 16.3. The number of halogens is 2. The van der Waals surface area contributed by atoms with Crippen LogP contribution in [-0.4, -0.2) is 22.2 Å². The lowest BCUT2D eigenvalue weighted by atomic mass is 10.2. The summed E-state index contributed by atoms with van der Waals surface area (Å²) in [5, 5.41) is 13.0. The van der Waals surface area contributed by atoms with Crippen molar-refractivity contribution in [2.24, 2.45) is 4.99 Å². The van der Waals surface area contributed by atoms with E-state index in [1.807, 2.05) is 0 Å². The maximum Gasteiger partial charge on any atom is 0.337 e. The number of amides is 1. The van der Waals surface area contributed by atoms with Gasteiger partial charge in [-0.05, 0) is 54.2 Å². The number of carboxylic acids is 1. The molecule has 0 radical (unpaired) electrons. The number of rotatable bonds is 4. The van der Waals surface area contributed by atoms with Crippen LogP contribution in [0.25, 0.3) is 17.4 Å². The highest BCUT2D eigenvalue weighted by Crippen LogP contribution is 2.32. The molecule has 0 saturated carbocycles. The molecule has 9 heteroatoms. The maximum atomic E-state index is 12.3. The third-order valence-corrected chi connectivity index (χ3v) is 5.76. The highest BCUT2D eigenvalue weighted by atomic mass is 35.5. The second kappa shape index (κ2) is 8.39. The second-order valence-electron chi connectivity index (χ2n) is 6.13. The van der Waals surface area contributed by atoms with Gasteiger partial charge in [-0.1, -0.05) is 35.3 Å². The number of carbonyl (C=O) groups is 2. The molecule has 3 aromatic rings. The zero-order valence-electron chi connectivity index (χ0n) is 15.1. The first kappa shape index (κ1) is 20.3. The van der Waals surface area contributed by atoms with E-state index in [0.717, 1.165) is 17.3 Å². The van der Waals surface area contributed by atoms with E-state index in [-0.39, 0.29) is 22.3 Å². The van der Waals surface area contributed by atoms with Crippen molar-refractivity contribution in [2.45, 2.75) is 0 Å². The highest BCUT2D eigenvalue weighted by Gasteiger charge is 2.25. The average Bonchev–Trinajstić information content (AvgIpc) is 3.31. The Bertz CT molecular complexity index is 1230. The second-order valence-corrected chi connectivity index (χ2v) is 7.98. The molecule has 150 valence electrons. The molecule has 6 nitrogen and oxygen atoms in total. The van der Waals surface area contributed by atoms with Gasteiger partial charge in [0.25, 0.3) is 5.91 Å². The van der Waals surface area contributed by atoms with Crippen LogP contribution in [0.5, 0.6) is 0 Å². The van der Waals surface area contributed by atoms with E-state index in [0.29, 0.717) is 26.5 Å². The number of para-hydroxylation sites is 1. The molecular formula is C21H12Cl2N2O4S. The molecule has 30 heavy (non-hydrogen) atoms. The topological polar surface area (TPSA) is 91.9 Å². The van der Waals surface area contributed by atoms with Gasteiger partial charge in [0, 0.05) is 11.6 Å². The predicted octanol–water partition coefficient (Wildman–Crippen LogP) is 5.84. The summed E-state index contributed by atoms with van der Waals surface area (Å²) in [6.07, 6.45) is 1.59. The maximum absolute atomic E-state index is 12.3. The molecule has 2 heterocycles. The van der Waals surface area contributed by atoms with E-state index in [9.17, 15) is 14.7 Å². The minimum Gasteiger partial charge on any atom is -0.478 e. The standard InChI is InChI=1S/C21H12Cl2N2O4S/c22-14-7-5-11(9-15(14)23)17-8-6-12(29-17)10-18-19(26)25-21(30-18)24-16-4-2-1-3-13(16)20(27)28/h1-10H,(H,27,28)(H,24,25,26). The van der Waals surface area contributed by atoms with Crippen molar-refractivity contribution in [3.05, 3.63) is 80.9 Å². The SMILES string of the molecule is O=C1NC(=Nc2ccccc2C(=O)O)SC1=Cc1ccc(-c2ccc(Cl)c(Cl)c2)o1. The number of carboxylic acid groups (broad SMARTS) is 1. The third kappa shape index (κ3) is 4.28. The van der Waals surface area contributed by atoms with E-state index in [2.05, 4.69) is 10.3 Å². The average molecular weight is 459 g/mol. The van der Waals surface area contributed by atoms with E-state index < -0.39 is 5.97 Å². The summed E-state index contributed by atoms with van der Waals surface area (Å²) >= 11 is 13.1. The molecule has 1 fully saturated rings. The predicted molar refractivity (Wildman–Crippen MR) is 118 cm³/mol. The highest BCUT2D eigenvalue weighted by molar-refractivity contribution is 8.18. The molecule has 0 atom stereocenters. The number of aromatic carboxylic acids is 1. The molecule has 1 saturated heterocycles. The third-order valence-electron chi connectivity index (χ3n) is 4.11. The first-order valence-corrected chi connectivity index (χ1v) is 10.1. The first-order chi connectivity index (χ1) is 14.4. The van der Waals surface area contributed by atoms with Crippen molar-refractivity contribution in [3.63, 3.8) is 0 Å². The van der Waals surface area contributed by atoms with Gasteiger partial charge in [-0.15, -0.1) is 0 Å². The number of carbonyl (C=O) groups excluding carboxylic acids is 1. The molecule has 0 aliphatic carbocycles. The summed E-state index contributed by atoms with van der Waals surface area (Å²) in [7, 11) is 0. The number of nitrogens with one attached hydrogen (secondary N) is 1. The Morgan fingerprint density at radius 1 is 1.10 bits per heavy atom. The number of furan rings is 1. The zero-order chi connectivity index (χ0) is 21.3. The van der Waals surface area contributed by atoms with Crippen LogP contribution in [0, 0.1) is 0 Å². The Labute approximate surface area is 185 Å². The number of hydrogen-bond donors (Lipinski definition) is 2. The molecule has 0 bridgehead atoms. The summed E-state index contributed by atoms with van der Waals surface area (Å²) in [6.45, 7) is 0. The molecule has 1 aromatic heterocycles. The lowest BCUT2D eigenvalue weighted by Crippen LogP contribution is -2.19. The van der Waals surface area contributed by atoms with Gasteiger partial charge in [0.2, 0.25) is 0 Å². The molecule has 0 spiro atoms. The van der Waals surface area contributed by atoms with Crippen LogP contribution in [0.15, 0.2) is 68.9 Å². The van der Waals surface area contributed by atoms with Crippen LogP contribution in [0.2, 0.25) is 10.0 Å². The fourth-order valence-electron chi connectivity index (χ4n) is 2.71. The summed E-state index contributed by atoms with van der Waals surface area (Å²) in [4.78, 5) is 28.2. The number of thioether (sulfide) groups is 1. The Balaban J connectivity index is 1.57. The van der Waals surface area contributed by atoms with Gasteiger partial charge in [-0.3, -0.25) is 4.79 Å². The van der Waals surface area contributed by atoms with E-state index in [4.69, 9.17) is 27.6 Å². The van der Waals surface area contributed by atoms with E-state index in [1.54, 1.807) is 54.6 Å². The lowest BCUT2D eigenvalue weighted by Gasteiger charge is -2.00. The summed E-state index contributed by atoms with van der Waals surface area (Å²) < 4.78 is 5.79. The Hall–Kier alpha value is -3.00. The van der Waals surface area contributed by atoms with Gasteiger partial charge < -0.3 is 14.8 Å². The van der Waals surface area contributed by atoms with Crippen LogP contribution >= 0.6 is 35.0 Å². The van der Waals surface area contributed by atoms with E-state index >= 15 is 0 Å². The van der Waals surface area contributed by atoms with Crippen LogP contribution in [0.4, 0.5) is 5.69 Å². The number of aliphatic imine (C=N–C) groups is 1. The monoisotopic (exact) mass is 458 g/mol. The largest absolute Gasteiger partial charge is 0.478 e. The van der Waals surface area contributed by atoms with Crippen LogP contribution < -0.4 is 5.32 Å². The zero-order valence-corrected chi connectivity index (χ0v) is 17.4. The summed E-state index contributed by atoms with van der Waals surface area (Å²) in [6, 6.07) is 15.0. The number of hydrogen-bond acceptors (Lipinski definition) is 5. The van der Waals surface area contributed by atoms with Crippen LogP contribution in [-0.2, 0) is 4.79 Å². The van der Waals surface area contributed by atoms with Crippen molar-refractivity contribution in [1.82, 2.24) is 5.32 Å². The Kier molecular flexibility index (Phi) is 5.67. The molecule has 1 aliphatic rings. The van der Waals surface area contributed by atoms with Crippen molar-refractivity contribution < 1.29 is 19.1 Å². The smallest absolute Gasteiger partial charge is 0.337 e. The number of benzene rings is 2. The molecule has 1 aliphatic heterocycles. The molecule has 1 amide bonds. The minimum atomic E-state index is -1.09. The van der Waals surface area contributed by atoms with Gasteiger partial charge in [0.05, 0.1) is 26.2 Å². The van der Waals surface area contributed by atoms with E-state index in [1.165, 1.54) is 6.07 Å². The number of amidine groups is 1. The van der Waals surface area contributed by atoms with Gasteiger partial charge in [0.15, 0.2) is 5.17 Å². The number of nitrogens with zero attached hydrogens (tertiary/aromatic N) is 1. The van der Waals surface area contributed by atoms with Gasteiger partial charge >= 0.3 is 5.97 Å². The molecule has 0 unspecified atom stereocenters. The van der Waals surface area contributed by atoms with Crippen LogP contribution in [0.1, 0.15) is 16.1 Å². The summed E-state index contributed by atoms with van der Waals surface area (Å²) in [5.41, 5.74) is 1.06. The fourth-order valence-corrected chi connectivity index (χ4v) is 3.82. The molecule has 2 N–H and O–H groups in total. The van der Waals surface area contributed by atoms with Gasteiger partial charge in [0.1, 0.15) is 11.5 Å². The van der Waals surface area contributed by atoms with Crippen molar-refractivity contribution >= 4 is 63.8 Å².